The van der Waals surface area contributed by atoms with Crippen LogP contribution in [0.4, 0.5) is 11.4 Å². The smallest absolute Gasteiger partial charge is 0.270 e. The van der Waals surface area contributed by atoms with Crippen molar-refractivity contribution in [2.75, 3.05) is 5.01 Å². The first-order valence-corrected chi connectivity index (χ1v) is 8.43. The number of hydrogen-bond acceptors (Lipinski definition) is 5. The Kier molecular flexibility index (Phi) is 5.11. The zero-order valence-electron chi connectivity index (χ0n) is 13.9. The number of aryl methyl sites for hydroxylation is 1. The number of non-ortho nitro benzene ring substituents is 1. The number of nitrogens with zero attached hydrogens (tertiary/aromatic N) is 3. The van der Waals surface area contributed by atoms with Gasteiger partial charge in [-0.2, -0.15) is 10.1 Å². The van der Waals surface area contributed by atoms with E-state index in [1.165, 1.54) is 24.3 Å². The predicted octanol–water partition coefficient (Wildman–Crippen LogP) is 3.69. The monoisotopic (exact) mass is 406 g/mol. The van der Waals surface area contributed by atoms with Crippen molar-refractivity contribution in [3.63, 3.8) is 0 Å². The molecule has 27 heavy (non-hydrogen) atoms. The summed E-state index contributed by atoms with van der Waals surface area (Å²) in [6.07, 6.45) is -0.140. The van der Waals surface area contributed by atoms with Crippen LogP contribution in [0.15, 0.2) is 41.5 Å². The number of carbonyl (C=O) groups excluding carboxylic acids is 2. The zero-order valence-corrected chi connectivity index (χ0v) is 15.4. The van der Waals surface area contributed by atoms with E-state index in [1.807, 2.05) is 0 Å². The van der Waals surface area contributed by atoms with Crippen LogP contribution in [0.3, 0.4) is 0 Å². The van der Waals surface area contributed by atoms with E-state index in [0.29, 0.717) is 16.3 Å². The molecule has 0 aliphatic carbocycles. The molecular weight excluding hydrogens is 395 g/mol. The van der Waals surface area contributed by atoms with Crippen LogP contribution >= 0.6 is 23.2 Å². The third-order valence-corrected chi connectivity index (χ3v) is 4.52. The van der Waals surface area contributed by atoms with Crippen LogP contribution in [0.2, 0.25) is 10.0 Å². The fourth-order valence-corrected chi connectivity index (χ4v) is 2.92. The molecule has 1 N–H and O–H groups in total. The SMILES string of the molecule is Cc1cc(N2N=C(NC(=O)c3cccc([N+](=O)[O-])c3)CC2=O)c(Cl)cc1Cl. The highest BCUT2D eigenvalue weighted by atomic mass is 35.5. The summed E-state index contributed by atoms with van der Waals surface area (Å²) in [4.78, 5) is 34.8. The van der Waals surface area contributed by atoms with Crippen molar-refractivity contribution in [1.29, 1.82) is 0 Å². The summed E-state index contributed by atoms with van der Waals surface area (Å²) >= 11 is 12.1. The van der Waals surface area contributed by atoms with Crippen LogP contribution in [-0.2, 0) is 4.79 Å². The van der Waals surface area contributed by atoms with Crippen LogP contribution in [0.25, 0.3) is 0 Å². The van der Waals surface area contributed by atoms with Crippen molar-refractivity contribution in [2.24, 2.45) is 5.10 Å². The molecule has 2 aromatic carbocycles. The normalized spacial score (nSPS) is 13.5. The van der Waals surface area contributed by atoms with Crippen molar-refractivity contribution < 1.29 is 14.5 Å². The largest absolute Gasteiger partial charge is 0.308 e. The van der Waals surface area contributed by atoms with Crippen molar-refractivity contribution in [1.82, 2.24) is 5.32 Å². The number of nitro benzene ring substituents is 1. The number of amides is 2. The molecule has 1 heterocycles. The van der Waals surface area contributed by atoms with Gasteiger partial charge in [0.25, 0.3) is 17.5 Å². The molecule has 1 aliphatic rings. The van der Waals surface area contributed by atoms with Gasteiger partial charge < -0.3 is 5.32 Å². The summed E-state index contributed by atoms with van der Waals surface area (Å²) in [6, 6.07) is 8.38. The molecule has 138 valence electrons. The number of halogens is 2. The Morgan fingerprint density at radius 3 is 2.70 bits per heavy atom. The van der Waals surface area contributed by atoms with E-state index in [0.717, 1.165) is 11.1 Å². The molecule has 2 amide bonds. The molecule has 0 atom stereocenters. The first-order valence-electron chi connectivity index (χ1n) is 7.68. The number of amidine groups is 1. The first kappa shape index (κ1) is 18.8. The van der Waals surface area contributed by atoms with Gasteiger partial charge in [0.2, 0.25) is 0 Å². The number of benzene rings is 2. The minimum Gasteiger partial charge on any atom is -0.308 e. The van der Waals surface area contributed by atoms with Gasteiger partial charge in [-0.05, 0) is 30.7 Å². The van der Waals surface area contributed by atoms with Crippen LogP contribution < -0.4 is 10.3 Å². The summed E-state index contributed by atoms with van der Waals surface area (Å²) in [5, 5.41) is 19.2. The van der Waals surface area contributed by atoms with Gasteiger partial charge in [-0.25, -0.2) is 0 Å². The van der Waals surface area contributed by atoms with Crippen LogP contribution in [0, 0.1) is 17.0 Å². The van der Waals surface area contributed by atoms with Gasteiger partial charge in [0.05, 0.1) is 22.1 Å². The molecular formula is C17H12Cl2N4O4. The number of hydrogen-bond donors (Lipinski definition) is 1. The molecule has 1 aliphatic heterocycles. The summed E-state index contributed by atoms with van der Waals surface area (Å²) in [7, 11) is 0. The number of hydrazone groups is 1. The molecule has 3 rings (SSSR count). The molecule has 0 saturated heterocycles. The van der Waals surface area contributed by atoms with Crippen molar-refractivity contribution >= 4 is 52.2 Å². The maximum absolute atomic E-state index is 12.3. The topological polar surface area (TPSA) is 105 Å². The number of rotatable bonds is 3. The van der Waals surface area contributed by atoms with E-state index < -0.39 is 10.8 Å². The molecule has 0 aromatic heterocycles. The molecule has 0 unspecified atom stereocenters. The van der Waals surface area contributed by atoms with Crippen LogP contribution in [0.5, 0.6) is 0 Å². The molecule has 0 bridgehead atoms. The lowest BCUT2D eigenvalue weighted by Crippen LogP contribution is -2.29. The second-order valence-corrected chi connectivity index (χ2v) is 6.56. The molecule has 0 radical (unpaired) electrons. The zero-order chi connectivity index (χ0) is 19.7. The average Bonchev–Trinajstić information content (AvgIpc) is 2.98. The molecule has 10 heteroatoms. The molecule has 0 saturated carbocycles. The highest BCUT2D eigenvalue weighted by Gasteiger charge is 2.28. The Hall–Kier alpha value is -2.97. The standard InChI is InChI=1S/C17H12Cl2N4O4/c1-9-5-14(13(19)7-12(9)18)22-16(24)8-15(21-22)20-17(25)10-3-2-4-11(6-10)23(26)27/h2-7H,8H2,1H3,(H,20,21,25). The van der Waals surface area contributed by atoms with E-state index in [9.17, 15) is 19.7 Å². The average molecular weight is 407 g/mol. The van der Waals surface area contributed by atoms with Crippen LogP contribution in [-0.4, -0.2) is 22.6 Å². The molecule has 0 fully saturated rings. The van der Waals surface area contributed by atoms with E-state index >= 15 is 0 Å². The van der Waals surface area contributed by atoms with Crippen molar-refractivity contribution in [2.45, 2.75) is 13.3 Å². The maximum Gasteiger partial charge on any atom is 0.270 e. The highest BCUT2D eigenvalue weighted by Crippen LogP contribution is 2.33. The van der Waals surface area contributed by atoms with Crippen LogP contribution in [0.1, 0.15) is 22.3 Å². The van der Waals surface area contributed by atoms with E-state index in [2.05, 4.69) is 10.4 Å². The summed E-state index contributed by atoms with van der Waals surface area (Å²) in [5.74, 6) is -0.876. The lowest BCUT2D eigenvalue weighted by atomic mass is 10.2. The van der Waals surface area contributed by atoms with Gasteiger partial charge in [0.1, 0.15) is 5.84 Å². The Bertz CT molecular complexity index is 1010. The first-order chi connectivity index (χ1) is 12.8. The van der Waals surface area contributed by atoms with Crippen molar-refractivity contribution in [3.05, 3.63) is 67.7 Å². The lowest BCUT2D eigenvalue weighted by molar-refractivity contribution is -0.384. The maximum atomic E-state index is 12.3. The minimum atomic E-state index is -0.606. The summed E-state index contributed by atoms with van der Waals surface area (Å²) in [6.45, 7) is 1.76. The molecule has 0 spiro atoms. The van der Waals surface area contributed by atoms with Gasteiger partial charge in [-0.1, -0.05) is 29.3 Å². The van der Waals surface area contributed by atoms with E-state index in [1.54, 1.807) is 13.0 Å². The molecule has 2 aromatic rings. The van der Waals surface area contributed by atoms with Gasteiger partial charge in [-0.3, -0.25) is 19.7 Å². The van der Waals surface area contributed by atoms with Gasteiger partial charge in [0, 0.05) is 22.7 Å². The number of nitro groups is 1. The van der Waals surface area contributed by atoms with Crippen molar-refractivity contribution in [3.8, 4) is 0 Å². The quantitative estimate of drug-likeness (QED) is 0.619. The minimum absolute atomic E-state index is 0.0816. The Morgan fingerprint density at radius 1 is 1.26 bits per heavy atom. The van der Waals surface area contributed by atoms with E-state index in [4.69, 9.17) is 23.2 Å². The summed E-state index contributed by atoms with van der Waals surface area (Å²) in [5.41, 5.74) is 0.937. The highest BCUT2D eigenvalue weighted by molar-refractivity contribution is 6.37. The number of nitrogens with one attached hydrogen (secondary N) is 1. The van der Waals surface area contributed by atoms with Gasteiger partial charge in [-0.15, -0.1) is 0 Å². The van der Waals surface area contributed by atoms with Gasteiger partial charge >= 0.3 is 0 Å². The Balaban J connectivity index is 1.83. The fourth-order valence-electron chi connectivity index (χ4n) is 2.46. The third kappa shape index (κ3) is 3.91. The number of anilines is 1. The second kappa shape index (κ2) is 7.34. The molecule has 8 nitrogen and oxygen atoms in total. The number of carbonyl (C=O) groups is 2. The van der Waals surface area contributed by atoms with Gasteiger partial charge in [0.15, 0.2) is 0 Å². The summed E-state index contributed by atoms with van der Waals surface area (Å²) < 4.78 is 0. The lowest BCUT2D eigenvalue weighted by Gasteiger charge is -2.14. The second-order valence-electron chi connectivity index (χ2n) is 5.74. The fraction of sp³-hybridized carbons (Fsp3) is 0.118. The predicted molar refractivity (Wildman–Crippen MR) is 101 cm³/mol. The Morgan fingerprint density at radius 2 is 2.00 bits per heavy atom. The van der Waals surface area contributed by atoms with E-state index in [-0.39, 0.29) is 34.4 Å². The Labute approximate surface area is 163 Å². The third-order valence-electron chi connectivity index (χ3n) is 3.81.